The van der Waals surface area contributed by atoms with Crippen LogP contribution in [0, 0.1) is 0 Å². The Hall–Kier alpha value is -2.31. The van der Waals surface area contributed by atoms with Gasteiger partial charge in [-0.15, -0.1) is 0 Å². The number of carbonyl (C=O) groups excluding carboxylic acids is 3. The van der Waals surface area contributed by atoms with Crippen LogP contribution in [0.25, 0.3) is 0 Å². The van der Waals surface area contributed by atoms with Crippen molar-refractivity contribution in [3.8, 4) is 0 Å². The van der Waals surface area contributed by atoms with Crippen LogP contribution in [0.1, 0.15) is 43.1 Å². The SMILES string of the molecule is COC(=O)c1ccc(C(C=O)N(C)C(=O)OC(C)(C)C)o1. The summed E-state index contributed by atoms with van der Waals surface area (Å²) in [6, 6.07) is 1.82. The highest BCUT2D eigenvalue weighted by atomic mass is 16.6. The van der Waals surface area contributed by atoms with Crippen LogP contribution in [-0.2, 0) is 14.3 Å². The number of furan rings is 1. The summed E-state index contributed by atoms with van der Waals surface area (Å²) in [4.78, 5) is 35.6. The van der Waals surface area contributed by atoms with Crippen molar-refractivity contribution in [2.75, 3.05) is 14.2 Å². The average molecular weight is 297 g/mol. The molecule has 0 bridgehead atoms. The molecule has 0 N–H and O–H groups in total. The van der Waals surface area contributed by atoms with Crippen LogP contribution in [-0.4, -0.2) is 43.0 Å². The van der Waals surface area contributed by atoms with E-state index in [4.69, 9.17) is 9.15 Å². The minimum atomic E-state index is -0.988. The molecule has 0 saturated heterocycles. The van der Waals surface area contributed by atoms with E-state index in [-0.39, 0.29) is 11.5 Å². The van der Waals surface area contributed by atoms with E-state index in [0.717, 1.165) is 4.90 Å². The highest BCUT2D eigenvalue weighted by Crippen LogP contribution is 2.22. The Labute approximate surface area is 122 Å². The maximum atomic E-state index is 11.9. The molecular formula is C14H19NO6. The lowest BCUT2D eigenvalue weighted by Crippen LogP contribution is -2.37. The van der Waals surface area contributed by atoms with Crippen molar-refractivity contribution in [3.05, 3.63) is 23.7 Å². The van der Waals surface area contributed by atoms with Gasteiger partial charge in [-0.3, -0.25) is 4.90 Å². The van der Waals surface area contributed by atoms with Gasteiger partial charge in [0.2, 0.25) is 5.76 Å². The van der Waals surface area contributed by atoms with E-state index in [1.54, 1.807) is 20.8 Å². The second-order valence-corrected chi connectivity index (χ2v) is 5.37. The molecule has 0 fully saturated rings. The number of rotatable bonds is 4. The maximum absolute atomic E-state index is 11.9. The van der Waals surface area contributed by atoms with Crippen LogP contribution in [0.5, 0.6) is 0 Å². The Morgan fingerprint density at radius 3 is 2.43 bits per heavy atom. The topological polar surface area (TPSA) is 86.1 Å². The van der Waals surface area contributed by atoms with Crippen molar-refractivity contribution in [2.24, 2.45) is 0 Å². The number of hydrogen-bond acceptors (Lipinski definition) is 6. The molecule has 1 atom stereocenters. The molecule has 1 aromatic rings. The van der Waals surface area contributed by atoms with Crippen LogP contribution < -0.4 is 0 Å². The zero-order valence-corrected chi connectivity index (χ0v) is 12.7. The fourth-order valence-corrected chi connectivity index (χ4v) is 1.52. The van der Waals surface area contributed by atoms with Crippen LogP contribution in [0.15, 0.2) is 16.5 Å². The number of ether oxygens (including phenoxy) is 2. The molecule has 1 aromatic heterocycles. The monoisotopic (exact) mass is 297 g/mol. The van der Waals surface area contributed by atoms with E-state index < -0.39 is 23.7 Å². The number of methoxy groups -OCH3 is 1. The molecule has 1 heterocycles. The lowest BCUT2D eigenvalue weighted by Gasteiger charge is -2.27. The van der Waals surface area contributed by atoms with E-state index in [9.17, 15) is 14.4 Å². The minimum absolute atomic E-state index is 0.0445. The summed E-state index contributed by atoms with van der Waals surface area (Å²) in [7, 11) is 2.63. The summed E-state index contributed by atoms with van der Waals surface area (Å²) in [6.45, 7) is 5.16. The number of aldehydes is 1. The van der Waals surface area contributed by atoms with Gasteiger partial charge in [0.05, 0.1) is 7.11 Å². The molecule has 0 radical (unpaired) electrons. The van der Waals surface area contributed by atoms with Crippen molar-refractivity contribution < 1.29 is 28.3 Å². The first-order valence-corrected chi connectivity index (χ1v) is 6.28. The van der Waals surface area contributed by atoms with Crippen LogP contribution in [0.3, 0.4) is 0 Å². The fraction of sp³-hybridized carbons (Fsp3) is 0.500. The van der Waals surface area contributed by atoms with E-state index in [0.29, 0.717) is 6.29 Å². The Balaban J connectivity index is 2.92. The van der Waals surface area contributed by atoms with Gasteiger partial charge in [0, 0.05) is 7.05 Å². The molecule has 0 aliphatic rings. The highest BCUT2D eigenvalue weighted by Gasteiger charge is 2.28. The molecule has 1 rings (SSSR count). The molecule has 0 aromatic carbocycles. The van der Waals surface area contributed by atoms with Crippen LogP contribution >= 0.6 is 0 Å². The van der Waals surface area contributed by atoms with Crippen molar-refractivity contribution in [1.82, 2.24) is 4.90 Å². The van der Waals surface area contributed by atoms with Gasteiger partial charge in [0.25, 0.3) is 0 Å². The molecule has 116 valence electrons. The second-order valence-electron chi connectivity index (χ2n) is 5.37. The van der Waals surface area contributed by atoms with E-state index >= 15 is 0 Å². The van der Waals surface area contributed by atoms with Gasteiger partial charge in [-0.1, -0.05) is 0 Å². The van der Waals surface area contributed by atoms with Gasteiger partial charge < -0.3 is 18.7 Å². The Morgan fingerprint density at radius 1 is 1.33 bits per heavy atom. The van der Waals surface area contributed by atoms with Gasteiger partial charge in [-0.05, 0) is 32.9 Å². The maximum Gasteiger partial charge on any atom is 0.411 e. The quantitative estimate of drug-likeness (QED) is 0.625. The van der Waals surface area contributed by atoms with E-state index in [1.165, 1.54) is 26.3 Å². The van der Waals surface area contributed by atoms with Crippen LogP contribution in [0.4, 0.5) is 4.79 Å². The normalized spacial score (nSPS) is 12.4. The largest absolute Gasteiger partial charge is 0.463 e. The summed E-state index contributed by atoms with van der Waals surface area (Å²) in [5, 5.41) is 0. The van der Waals surface area contributed by atoms with Crippen molar-refractivity contribution in [1.29, 1.82) is 0 Å². The van der Waals surface area contributed by atoms with Gasteiger partial charge >= 0.3 is 12.1 Å². The Kier molecular flexibility index (Phi) is 5.12. The third-order valence-corrected chi connectivity index (χ3v) is 2.53. The molecule has 7 heteroatoms. The van der Waals surface area contributed by atoms with Gasteiger partial charge in [0.1, 0.15) is 23.7 Å². The van der Waals surface area contributed by atoms with Crippen molar-refractivity contribution in [3.63, 3.8) is 0 Å². The predicted octanol–water partition coefficient (Wildman–Crippen LogP) is 2.17. The second kappa shape index (κ2) is 6.43. The van der Waals surface area contributed by atoms with Gasteiger partial charge in [0.15, 0.2) is 0 Å². The number of esters is 1. The standard InChI is InChI=1S/C14H19NO6/c1-14(2,3)21-13(18)15(4)9(8-16)10-6-7-11(20-10)12(17)19-5/h6-9H,1-5H3. The molecular weight excluding hydrogens is 278 g/mol. The number of amides is 1. The highest BCUT2D eigenvalue weighted by molar-refractivity contribution is 5.86. The first kappa shape index (κ1) is 16.7. The lowest BCUT2D eigenvalue weighted by molar-refractivity contribution is -0.112. The van der Waals surface area contributed by atoms with E-state index in [2.05, 4.69) is 4.74 Å². The summed E-state index contributed by atoms with van der Waals surface area (Å²) in [5.41, 5.74) is -0.681. The first-order chi connectivity index (χ1) is 9.69. The third kappa shape index (κ3) is 4.34. The zero-order valence-electron chi connectivity index (χ0n) is 12.7. The van der Waals surface area contributed by atoms with Gasteiger partial charge in [-0.25, -0.2) is 9.59 Å². The van der Waals surface area contributed by atoms with Crippen molar-refractivity contribution in [2.45, 2.75) is 32.4 Å². The molecule has 0 aliphatic heterocycles. The molecule has 7 nitrogen and oxygen atoms in total. The summed E-state index contributed by atoms with van der Waals surface area (Å²) >= 11 is 0. The summed E-state index contributed by atoms with van der Waals surface area (Å²) < 4.78 is 14.9. The van der Waals surface area contributed by atoms with E-state index in [1.807, 2.05) is 0 Å². The Morgan fingerprint density at radius 2 is 1.95 bits per heavy atom. The first-order valence-electron chi connectivity index (χ1n) is 6.28. The fourth-order valence-electron chi connectivity index (χ4n) is 1.52. The molecule has 0 spiro atoms. The predicted molar refractivity (Wildman–Crippen MR) is 72.8 cm³/mol. The third-order valence-electron chi connectivity index (χ3n) is 2.53. The zero-order chi connectivity index (χ0) is 16.2. The summed E-state index contributed by atoms with van der Waals surface area (Å²) in [5.74, 6) is -0.554. The molecule has 0 saturated carbocycles. The Bertz CT molecular complexity index is 528. The number of nitrogens with zero attached hydrogens (tertiary/aromatic N) is 1. The molecule has 21 heavy (non-hydrogen) atoms. The average Bonchev–Trinajstić information content (AvgIpc) is 2.86. The minimum Gasteiger partial charge on any atom is -0.463 e. The van der Waals surface area contributed by atoms with Gasteiger partial charge in [-0.2, -0.15) is 0 Å². The summed E-state index contributed by atoms with van der Waals surface area (Å²) in [6.07, 6.45) is -0.139. The number of likely N-dealkylation sites (N-methyl/N-ethyl adjacent to an activating group) is 1. The van der Waals surface area contributed by atoms with Crippen LogP contribution in [0.2, 0.25) is 0 Å². The molecule has 1 unspecified atom stereocenters. The number of carbonyl (C=O) groups is 3. The molecule has 0 aliphatic carbocycles. The lowest BCUT2D eigenvalue weighted by atomic mass is 10.2. The van der Waals surface area contributed by atoms with Crippen molar-refractivity contribution >= 4 is 18.3 Å². The molecule has 1 amide bonds. The smallest absolute Gasteiger partial charge is 0.411 e. The number of hydrogen-bond donors (Lipinski definition) is 0.